The van der Waals surface area contributed by atoms with Gasteiger partial charge in [-0.2, -0.15) is 4.31 Å². The number of amides is 2. The zero-order valence-electron chi connectivity index (χ0n) is 20.1. The highest BCUT2D eigenvalue weighted by Crippen LogP contribution is 2.37. The molecule has 2 amide bonds. The number of benzene rings is 2. The Hall–Kier alpha value is -2.91. The molecule has 3 aliphatic rings. The second-order valence-corrected chi connectivity index (χ2v) is 11.4. The van der Waals surface area contributed by atoms with Crippen LogP contribution in [0.25, 0.3) is 0 Å². The smallest absolute Gasteiger partial charge is 0.265 e. The summed E-state index contributed by atoms with van der Waals surface area (Å²) in [6.07, 6.45) is 2.98. The molecule has 186 valence electrons. The lowest BCUT2D eigenvalue weighted by Gasteiger charge is -2.36. The van der Waals surface area contributed by atoms with Crippen molar-refractivity contribution in [2.45, 2.75) is 57.0 Å². The minimum Gasteiger partial charge on any atom is -0.478 e. The van der Waals surface area contributed by atoms with Gasteiger partial charge in [0.15, 0.2) is 6.10 Å². The third kappa shape index (κ3) is 4.31. The molecule has 0 radical (unpaired) electrons. The second-order valence-electron chi connectivity index (χ2n) is 9.54. The minimum atomic E-state index is -3.85. The third-order valence-corrected chi connectivity index (χ3v) is 9.20. The lowest BCUT2D eigenvalue weighted by molar-refractivity contribution is -0.124. The molecule has 5 rings (SSSR count). The van der Waals surface area contributed by atoms with Gasteiger partial charge in [-0.3, -0.25) is 9.59 Å². The van der Waals surface area contributed by atoms with Crippen molar-refractivity contribution in [1.82, 2.24) is 4.31 Å². The Morgan fingerprint density at radius 3 is 2.77 bits per heavy atom. The first-order valence-electron chi connectivity index (χ1n) is 12.3. The fourth-order valence-corrected chi connectivity index (χ4v) is 7.06. The highest BCUT2D eigenvalue weighted by Gasteiger charge is 2.38. The summed E-state index contributed by atoms with van der Waals surface area (Å²) in [6, 6.07) is 11.1. The van der Waals surface area contributed by atoms with Crippen molar-refractivity contribution in [3.63, 3.8) is 0 Å². The molecule has 2 aromatic rings. The van der Waals surface area contributed by atoms with E-state index in [2.05, 4.69) is 11.4 Å². The first-order chi connectivity index (χ1) is 16.8. The number of carbonyl (C=O) groups is 2. The van der Waals surface area contributed by atoms with Crippen LogP contribution in [0, 0.1) is 12.8 Å². The fraction of sp³-hybridized carbons (Fsp3) is 0.462. The van der Waals surface area contributed by atoms with E-state index in [4.69, 9.17) is 4.74 Å². The van der Waals surface area contributed by atoms with Gasteiger partial charge >= 0.3 is 0 Å². The van der Waals surface area contributed by atoms with Crippen LogP contribution in [-0.4, -0.2) is 50.3 Å². The topological polar surface area (TPSA) is 96.0 Å². The number of anilines is 2. The maximum absolute atomic E-state index is 13.7. The number of para-hydroxylation sites is 1. The summed E-state index contributed by atoms with van der Waals surface area (Å²) in [4.78, 5) is 27.7. The van der Waals surface area contributed by atoms with Gasteiger partial charge in [0.2, 0.25) is 15.9 Å². The number of ether oxygens (including phenoxy) is 1. The summed E-state index contributed by atoms with van der Waals surface area (Å²) in [5, 5.41) is 2.80. The van der Waals surface area contributed by atoms with E-state index in [9.17, 15) is 18.0 Å². The molecule has 1 N–H and O–H groups in total. The Kier molecular flexibility index (Phi) is 6.31. The maximum atomic E-state index is 13.7. The van der Waals surface area contributed by atoms with E-state index in [1.54, 1.807) is 13.0 Å². The summed E-state index contributed by atoms with van der Waals surface area (Å²) >= 11 is 0. The van der Waals surface area contributed by atoms with E-state index in [1.165, 1.54) is 10.4 Å². The molecular weight excluding hydrogens is 466 g/mol. The summed E-state index contributed by atoms with van der Waals surface area (Å²) in [5.41, 5.74) is 3.11. The molecule has 2 atom stereocenters. The zero-order chi connectivity index (χ0) is 24.7. The number of rotatable bonds is 4. The predicted octanol–water partition coefficient (Wildman–Crippen LogP) is 3.48. The highest BCUT2D eigenvalue weighted by atomic mass is 32.2. The number of nitrogens with one attached hydrogen (secondary N) is 1. The molecule has 1 fully saturated rings. The van der Waals surface area contributed by atoms with Gasteiger partial charge < -0.3 is 15.0 Å². The molecule has 0 spiro atoms. The van der Waals surface area contributed by atoms with E-state index in [1.807, 2.05) is 30.0 Å². The summed E-state index contributed by atoms with van der Waals surface area (Å²) in [6.45, 7) is 4.74. The average molecular weight is 498 g/mol. The lowest BCUT2D eigenvalue weighted by Crippen LogP contribution is -2.48. The van der Waals surface area contributed by atoms with Crippen LogP contribution in [0.4, 0.5) is 11.4 Å². The number of piperidine rings is 1. The van der Waals surface area contributed by atoms with Gasteiger partial charge in [-0.15, -0.1) is 0 Å². The fourth-order valence-electron chi connectivity index (χ4n) is 5.32. The van der Waals surface area contributed by atoms with Crippen molar-refractivity contribution < 1.29 is 22.7 Å². The average Bonchev–Trinajstić information content (AvgIpc) is 2.87. The maximum Gasteiger partial charge on any atom is 0.265 e. The summed E-state index contributed by atoms with van der Waals surface area (Å²) < 4.78 is 34.6. The quantitative estimate of drug-likeness (QED) is 0.698. The van der Waals surface area contributed by atoms with Crippen LogP contribution in [0.1, 0.15) is 43.7 Å². The SMILES string of the molecule is CC[C@H]1Oc2cc(S(=O)(=O)N3CCC[C@@H](C(=O)N4CCCc5ccccc54)C3)c(C)cc2NC1=O. The van der Waals surface area contributed by atoms with Crippen molar-refractivity contribution in [3.05, 3.63) is 47.5 Å². The van der Waals surface area contributed by atoms with Crippen molar-refractivity contribution >= 4 is 33.2 Å². The summed E-state index contributed by atoms with van der Waals surface area (Å²) in [5.74, 6) is -0.263. The molecular formula is C26H31N3O5S. The van der Waals surface area contributed by atoms with Gasteiger partial charge in [0, 0.05) is 31.4 Å². The van der Waals surface area contributed by atoms with Crippen LogP contribution >= 0.6 is 0 Å². The number of hydrogen-bond acceptors (Lipinski definition) is 5. The molecule has 0 bridgehead atoms. The number of nitrogens with zero attached hydrogens (tertiary/aromatic N) is 2. The van der Waals surface area contributed by atoms with E-state index in [-0.39, 0.29) is 29.2 Å². The van der Waals surface area contributed by atoms with Crippen molar-refractivity contribution in [3.8, 4) is 5.75 Å². The van der Waals surface area contributed by atoms with E-state index >= 15 is 0 Å². The minimum absolute atomic E-state index is 0.00366. The van der Waals surface area contributed by atoms with Crippen LogP contribution in [0.3, 0.4) is 0 Å². The molecule has 2 aromatic carbocycles. The number of hydrogen-bond donors (Lipinski definition) is 1. The lowest BCUT2D eigenvalue weighted by atomic mass is 9.95. The van der Waals surface area contributed by atoms with Crippen LogP contribution in [-0.2, 0) is 26.0 Å². The van der Waals surface area contributed by atoms with E-state index in [0.29, 0.717) is 49.4 Å². The largest absolute Gasteiger partial charge is 0.478 e. The number of sulfonamides is 1. The predicted molar refractivity (Wildman–Crippen MR) is 133 cm³/mol. The molecule has 0 saturated carbocycles. The Bertz CT molecular complexity index is 1280. The van der Waals surface area contributed by atoms with Gasteiger partial charge in [0.25, 0.3) is 5.91 Å². The van der Waals surface area contributed by atoms with E-state index < -0.39 is 16.1 Å². The van der Waals surface area contributed by atoms with Gasteiger partial charge in [-0.1, -0.05) is 25.1 Å². The summed E-state index contributed by atoms with van der Waals surface area (Å²) in [7, 11) is -3.85. The monoisotopic (exact) mass is 497 g/mol. The first kappa shape index (κ1) is 23.8. The van der Waals surface area contributed by atoms with Gasteiger partial charge in [0.05, 0.1) is 16.5 Å². The van der Waals surface area contributed by atoms with Gasteiger partial charge in [-0.05, 0) is 62.3 Å². The molecule has 9 heteroatoms. The Labute approximate surface area is 206 Å². The Morgan fingerprint density at radius 1 is 1.17 bits per heavy atom. The normalized spacial score (nSPS) is 22.6. The van der Waals surface area contributed by atoms with E-state index in [0.717, 1.165) is 24.1 Å². The van der Waals surface area contributed by atoms with Crippen molar-refractivity contribution in [1.29, 1.82) is 0 Å². The molecule has 8 nitrogen and oxygen atoms in total. The Balaban J connectivity index is 1.39. The second kappa shape index (κ2) is 9.28. The van der Waals surface area contributed by atoms with Crippen LogP contribution in [0.2, 0.25) is 0 Å². The molecule has 1 saturated heterocycles. The molecule has 0 aromatic heterocycles. The van der Waals surface area contributed by atoms with Crippen molar-refractivity contribution in [2.75, 3.05) is 29.9 Å². The van der Waals surface area contributed by atoms with Gasteiger partial charge in [-0.25, -0.2) is 8.42 Å². The third-order valence-electron chi connectivity index (χ3n) is 7.19. The molecule has 0 unspecified atom stereocenters. The molecule has 3 aliphatic heterocycles. The van der Waals surface area contributed by atoms with Crippen molar-refractivity contribution in [2.24, 2.45) is 5.92 Å². The number of fused-ring (bicyclic) bond motifs is 2. The molecule has 35 heavy (non-hydrogen) atoms. The van der Waals surface area contributed by atoms with Gasteiger partial charge in [0.1, 0.15) is 5.75 Å². The highest BCUT2D eigenvalue weighted by molar-refractivity contribution is 7.89. The first-order valence-corrected chi connectivity index (χ1v) is 13.7. The standard InChI is InChI=1S/C26H31N3O5S/c1-3-22-25(30)27-20-14-17(2)24(15-23(20)34-22)35(32,33)28-12-6-10-19(16-28)26(31)29-13-7-9-18-8-4-5-11-21(18)29/h4-5,8,11,14-15,19,22H,3,6-7,9-10,12-13,16H2,1-2H3,(H,27,30)/t19-,22-/m1/s1. The Morgan fingerprint density at radius 2 is 1.97 bits per heavy atom. The number of carbonyl (C=O) groups excluding carboxylic acids is 2. The number of aryl methyl sites for hydroxylation is 2. The molecule has 3 heterocycles. The molecule has 0 aliphatic carbocycles. The van der Waals surface area contributed by atoms with Crippen LogP contribution in [0.5, 0.6) is 5.75 Å². The van der Waals surface area contributed by atoms with Crippen LogP contribution < -0.4 is 15.0 Å². The van der Waals surface area contributed by atoms with Crippen LogP contribution in [0.15, 0.2) is 41.3 Å². The zero-order valence-corrected chi connectivity index (χ0v) is 20.9.